The molecule has 3 N–H and O–H groups in total. The van der Waals surface area contributed by atoms with Crippen LogP contribution in [-0.2, 0) is 11.2 Å². The lowest BCUT2D eigenvalue weighted by Gasteiger charge is -2.19. The fraction of sp³-hybridized carbons (Fsp3) is 0.286. The molecule has 0 spiro atoms. The number of ketones is 1. The number of nitrogens with zero attached hydrogens (tertiary/aromatic N) is 4. The Labute approximate surface area is 248 Å². The van der Waals surface area contributed by atoms with Gasteiger partial charge in [0.1, 0.15) is 5.82 Å². The molecule has 2 aliphatic heterocycles. The molecule has 0 unspecified atom stereocenters. The van der Waals surface area contributed by atoms with Gasteiger partial charge in [0.2, 0.25) is 0 Å². The molecule has 0 atom stereocenters. The van der Waals surface area contributed by atoms with E-state index in [4.69, 9.17) is 5.73 Å². The van der Waals surface area contributed by atoms with Crippen molar-refractivity contribution in [3.63, 3.8) is 0 Å². The predicted molar refractivity (Wildman–Crippen MR) is 177 cm³/mol. The van der Waals surface area contributed by atoms with Gasteiger partial charge < -0.3 is 11.1 Å². The molecular weight excluding hydrogens is 520 g/mol. The van der Waals surface area contributed by atoms with Gasteiger partial charge >= 0.3 is 0 Å². The fourth-order valence-corrected chi connectivity index (χ4v) is 4.90. The van der Waals surface area contributed by atoms with Crippen molar-refractivity contribution in [2.75, 3.05) is 11.1 Å². The van der Waals surface area contributed by atoms with Gasteiger partial charge in [-0.15, -0.1) is 0 Å². The second kappa shape index (κ2) is 13.3. The Morgan fingerprint density at radius 3 is 2.17 bits per heavy atom. The van der Waals surface area contributed by atoms with Crippen LogP contribution in [-0.4, -0.2) is 28.2 Å². The maximum atomic E-state index is 11.2. The molecule has 7 heteroatoms. The van der Waals surface area contributed by atoms with Crippen LogP contribution in [0.25, 0.3) is 11.0 Å². The molecule has 6 rings (SSSR count). The second-order valence-electron chi connectivity index (χ2n) is 11.4. The average molecular weight is 561 g/mol. The molecule has 3 heterocycles. The summed E-state index contributed by atoms with van der Waals surface area (Å²) >= 11 is 0. The van der Waals surface area contributed by atoms with Gasteiger partial charge in [-0.2, -0.15) is 0 Å². The number of allylic oxidation sites excluding steroid dienone is 1. The van der Waals surface area contributed by atoms with Crippen molar-refractivity contribution in [2.24, 2.45) is 9.98 Å². The molecule has 0 radical (unpaired) electrons. The van der Waals surface area contributed by atoms with Crippen molar-refractivity contribution in [2.45, 2.75) is 65.7 Å². The van der Waals surface area contributed by atoms with E-state index in [0.29, 0.717) is 30.0 Å². The zero-order chi connectivity index (χ0) is 30.4. The van der Waals surface area contributed by atoms with E-state index in [1.165, 1.54) is 22.9 Å². The third-order valence-electron chi connectivity index (χ3n) is 7.06. The Hall–Kier alpha value is -4.65. The zero-order valence-corrected chi connectivity index (χ0v) is 25.3. The van der Waals surface area contributed by atoms with Gasteiger partial charge in [0.15, 0.2) is 5.78 Å². The van der Waals surface area contributed by atoms with Gasteiger partial charge in [0.05, 0.1) is 46.7 Å². The summed E-state index contributed by atoms with van der Waals surface area (Å²) in [5, 5.41) is 3.27. The molecule has 0 bridgehead atoms. The second-order valence-corrected chi connectivity index (χ2v) is 11.4. The number of rotatable bonds is 3. The van der Waals surface area contributed by atoms with Gasteiger partial charge in [0.25, 0.3) is 0 Å². The number of hydrogen-bond acceptors (Lipinski definition) is 7. The monoisotopic (exact) mass is 560 g/mol. The van der Waals surface area contributed by atoms with E-state index in [9.17, 15) is 4.79 Å². The minimum Gasteiger partial charge on any atom is -0.382 e. The molecule has 0 saturated heterocycles. The third-order valence-corrected chi connectivity index (χ3v) is 7.06. The van der Waals surface area contributed by atoms with Gasteiger partial charge in [-0.3, -0.25) is 19.8 Å². The van der Waals surface area contributed by atoms with E-state index in [2.05, 4.69) is 91.6 Å². The summed E-state index contributed by atoms with van der Waals surface area (Å²) in [6.45, 7) is 16.8. The summed E-state index contributed by atoms with van der Waals surface area (Å²) in [6, 6.07) is 18.3. The van der Waals surface area contributed by atoms with Crippen LogP contribution in [0.1, 0.15) is 81.5 Å². The number of carbonyl (C=O) groups excluding carboxylic acids is 1. The molecule has 216 valence electrons. The number of Topliss-reactive ketones (excluding diaryl/α,β-unsaturated/α-hetero) is 1. The van der Waals surface area contributed by atoms with Crippen LogP contribution in [0.2, 0.25) is 0 Å². The van der Waals surface area contributed by atoms with Crippen molar-refractivity contribution < 1.29 is 4.79 Å². The highest BCUT2D eigenvalue weighted by atomic mass is 16.1. The molecule has 0 saturated carbocycles. The highest BCUT2D eigenvalue weighted by Crippen LogP contribution is 2.36. The standard InChI is InChI=1S/C12H14N2.C12H13NO.C11H13N3/c1-8(2)10-5-4-6-11-12(10)14-9(3)7-13-11;1-8(2)11-5-3-4-9-6-10(14)7-13-12(9)11;1-7(2)8-4-3-5-9-11(8)14-10(12)6-13-9/h4-8,14H,3H2,1-2H3;3-5,7-8H,6H2,1-2H3;3-7H,1-2H3,(H2,12,14). The first kappa shape index (κ1) is 30.3. The van der Waals surface area contributed by atoms with Crippen molar-refractivity contribution in [1.82, 2.24) is 9.97 Å². The molecule has 2 aliphatic rings. The van der Waals surface area contributed by atoms with Crippen LogP contribution < -0.4 is 11.1 Å². The molecule has 0 aliphatic carbocycles. The summed E-state index contributed by atoms with van der Waals surface area (Å²) in [5.41, 5.74) is 16.2. The normalized spacial score (nSPS) is 13.3. The van der Waals surface area contributed by atoms with Crippen LogP contribution in [0.5, 0.6) is 0 Å². The minimum atomic E-state index is 0.0957. The predicted octanol–water partition coefficient (Wildman–Crippen LogP) is 8.42. The summed E-state index contributed by atoms with van der Waals surface area (Å²) in [6.07, 6.45) is 5.28. The van der Waals surface area contributed by atoms with Crippen LogP contribution in [0.15, 0.2) is 83.1 Å². The first-order chi connectivity index (χ1) is 20.0. The van der Waals surface area contributed by atoms with E-state index in [1.807, 2.05) is 36.4 Å². The van der Waals surface area contributed by atoms with Crippen molar-refractivity contribution in [3.05, 3.63) is 95.3 Å². The largest absolute Gasteiger partial charge is 0.382 e. The van der Waals surface area contributed by atoms with E-state index in [1.54, 1.807) is 12.4 Å². The number of nitrogen functional groups attached to an aromatic ring is 1. The van der Waals surface area contributed by atoms with Crippen LogP contribution in [0, 0.1) is 0 Å². The van der Waals surface area contributed by atoms with Gasteiger partial charge in [-0.05, 0) is 52.1 Å². The van der Waals surface area contributed by atoms with E-state index in [0.717, 1.165) is 39.4 Å². The number of benzene rings is 3. The van der Waals surface area contributed by atoms with Gasteiger partial charge in [-0.25, -0.2) is 4.98 Å². The topological polar surface area (TPSA) is 106 Å². The molecule has 1 aromatic heterocycles. The Balaban J connectivity index is 0.000000145. The number of nitrogens with one attached hydrogen (secondary N) is 1. The maximum absolute atomic E-state index is 11.2. The maximum Gasteiger partial charge on any atom is 0.178 e. The molecule has 42 heavy (non-hydrogen) atoms. The number of para-hydroxylation sites is 3. The number of nitrogens with two attached hydrogens (primary N) is 1. The molecule has 0 fully saturated rings. The summed E-state index contributed by atoms with van der Waals surface area (Å²) in [5.74, 6) is 1.97. The van der Waals surface area contributed by atoms with Crippen molar-refractivity contribution in [3.8, 4) is 0 Å². The lowest BCUT2D eigenvalue weighted by atomic mass is 9.94. The SMILES string of the molecule is C=C1C=Nc2cccc(C(C)C)c2N1.CC(C)c1cccc2c1N=CC(=O)C2.CC(C)c1cccc2ncc(N)nc12. The Morgan fingerprint density at radius 1 is 0.810 bits per heavy atom. The van der Waals surface area contributed by atoms with E-state index < -0.39 is 0 Å². The van der Waals surface area contributed by atoms with Crippen LogP contribution in [0.4, 0.5) is 22.9 Å². The van der Waals surface area contributed by atoms with E-state index in [-0.39, 0.29) is 5.78 Å². The first-order valence-electron chi connectivity index (χ1n) is 14.4. The number of fused-ring (bicyclic) bond motifs is 3. The summed E-state index contributed by atoms with van der Waals surface area (Å²) in [7, 11) is 0. The quantitative estimate of drug-likeness (QED) is 0.262. The Bertz CT molecular complexity index is 1670. The average Bonchev–Trinajstić information content (AvgIpc) is 2.96. The highest BCUT2D eigenvalue weighted by Gasteiger charge is 2.16. The van der Waals surface area contributed by atoms with E-state index >= 15 is 0 Å². The third kappa shape index (κ3) is 7.16. The summed E-state index contributed by atoms with van der Waals surface area (Å²) < 4.78 is 0. The molecule has 0 amide bonds. The van der Waals surface area contributed by atoms with Crippen LogP contribution in [0.3, 0.4) is 0 Å². The molecule has 7 nitrogen and oxygen atoms in total. The molecule has 3 aromatic carbocycles. The number of aromatic nitrogens is 2. The smallest absolute Gasteiger partial charge is 0.178 e. The molecular formula is C35H40N6O. The lowest BCUT2D eigenvalue weighted by molar-refractivity contribution is -0.112. The zero-order valence-electron chi connectivity index (χ0n) is 25.3. The number of aliphatic imine (C=N–C) groups is 2. The lowest BCUT2D eigenvalue weighted by Crippen LogP contribution is -2.09. The fourth-order valence-electron chi connectivity index (χ4n) is 4.90. The number of carbonyl (C=O) groups is 1. The minimum absolute atomic E-state index is 0.0957. The van der Waals surface area contributed by atoms with Crippen molar-refractivity contribution >= 4 is 52.1 Å². The Morgan fingerprint density at radius 2 is 1.45 bits per heavy atom. The number of anilines is 2. The number of hydrogen-bond donors (Lipinski definition) is 2. The van der Waals surface area contributed by atoms with Gasteiger partial charge in [-0.1, -0.05) is 90.6 Å². The first-order valence-corrected chi connectivity index (χ1v) is 14.4. The Kier molecular flexibility index (Phi) is 9.63. The summed E-state index contributed by atoms with van der Waals surface area (Å²) in [4.78, 5) is 28.3. The van der Waals surface area contributed by atoms with Crippen LogP contribution >= 0.6 is 0 Å². The molecule has 4 aromatic rings. The van der Waals surface area contributed by atoms with Crippen molar-refractivity contribution in [1.29, 1.82) is 0 Å². The van der Waals surface area contributed by atoms with Gasteiger partial charge in [0, 0.05) is 12.1 Å². The highest BCUT2D eigenvalue weighted by molar-refractivity contribution is 6.29.